The standard InChI is InChI=1S/C13H21NO2/c1-11-6-4-5-7-12(11)13(2,10-15)14-8-9-16-3/h4-7,14-15H,8-10H2,1-3H3. The molecule has 1 unspecified atom stereocenters. The predicted octanol–water partition coefficient (Wildman–Crippen LogP) is 1.44. The minimum absolute atomic E-state index is 0.0710. The average molecular weight is 223 g/mol. The third kappa shape index (κ3) is 3.04. The topological polar surface area (TPSA) is 41.5 Å². The molecule has 1 atom stereocenters. The van der Waals surface area contributed by atoms with Crippen molar-refractivity contribution in [3.05, 3.63) is 35.4 Å². The van der Waals surface area contributed by atoms with Crippen LogP contribution in [0.25, 0.3) is 0 Å². The number of methoxy groups -OCH3 is 1. The summed E-state index contributed by atoms with van der Waals surface area (Å²) in [5.41, 5.74) is 1.92. The third-order valence-corrected chi connectivity index (χ3v) is 2.88. The van der Waals surface area contributed by atoms with Gasteiger partial charge in [-0.15, -0.1) is 0 Å². The maximum absolute atomic E-state index is 9.56. The number of hydrogen-bond acceptors (Lipinski definition) is 3. The van der Waals surface area contributed by atoms with Crippen LogP contribution in [-0.2, 0) is 10.3 Å². The van der Waals surface area contributed by atoms with Gasteiger partial charge in [-0.3, -0.25) is 0 Å². The molecule has 0 aliphatic carbocycles. The van der Waals surface area contributed by atoms with E-state index in [1.165, 1.54) is 5.56 Å². The van der Waals surface area contributed by atoms with Crippen molar-refractivity contribution in [1.82, 2.24) is 5.32 Å². The number of aliphatic hydroxyl groups is 1. The van der Waals surface area contributed by atoms with Crippen LogP contribution >= 0.6 is 0 Å². The fraction of sp³-hybridized carbons (Fsp3) is 0.538. The second-order valence-corrected chi connectivity index (χ2v) is 4.22. The molecule has 0 aliphatic heterocycles. The van der Waals surface area contributed by atoms with Gasteiger partial charge in [0.15, 0.2) is 0 Å². The molecule has 90 valence electrons. The van der Waals surface area contributed by atoms with Gasteiger partial charge in [0.25, 0.3) is 0 Å². The van der Waals surface area contributed by atoms with Crippen LogP contribution < -0.4 is 5.32 Å². The highest BCUT2D eigenvalue weighted by atomic mass is 16.5. The maximum atomic E-state index is 9.56. The Balaban J connectivity index is 2.83. The van der Waals surface area contributed by atoms with Gasteiger partial charge >= 0.3 is 0 Å². The largest absolute Gasteiger partial charge is 0.394 e. The highest BCUT2D eigenvalue weighted by Crippen LogP contribution is 2.23. The summed E-state index contributed by atoms with van der Waals surface area (Å²) in [5, 5.41) is 12.9. The quantitative estimate of drug-likeness (QED) is 0.717. The van der Waals surface area contributed by atoms with E-state index in [2.05, 4.69) is 18.3 Å². The molecule has 1 aromatic rings. The Labute approximate surface area is 97.4 Å². The Kier molecular flexibility index (Phi) is 4.93. The van der Waals surface area contributed by atoms with Gasteiger partial charge in [0.2, 0.25) is 0 Å². The minimum Gasteiger partial charge on any atom is -0.394 e. The molecule has 3 nitrogen and oxygen atoms in total. The van der Waals surface area contributed by atoms with Gasteiger partial charge in [-0.05, 0) is 25.0 Å². The molecule has 2 N–H and O–H groups in total. The first kappa shape index (κ1) is 13.2. The van der Waals surface area contributed by atoms with Crippen LogP contribution in [0.3, 0.4) is 0 Å². The lowest BCUT2D eigenvalue weighted by molar-refractivity contribution is 0.147. The second-order valence-electron chi connectivity index (χ2n) is 4.22. The van der Waals surface area contributed by atoms with Crippen molar-refractivity contribution < 1.29 is 9.84 Å². The Bertz CT molecular complexity index is 327. The van der Waals surface area contributed by atoms with E-state index in [0.29, 0.717) is 6.61 Å². The highest BCUT2D eigenvalue weighted by Gasteiger charge is 2.26. The molecule has 1 rings (SSSR count). The molecule has 3 heteroatoms. The summed E-state index contributed by atoms with van der Waals surface area (Å²) in [5.74, 6) is 0. The fourth-order valence-corrected chi connectivity index (χ4v) is 1.86. The molecule has 0 aliphatic rings. The first-order valence-electron chi connectivity index (χ1n) is 5.55. The van der Waals surface area contributed by atoms with Gasteiger partial charge in [0, 0.05) is 13.7 Å². The van der Waals surface area contributed by atoms with Crippen molar-refractivity contribution in [3.63, 3.8) is 0 Å². The van der Waals surface area contributed by atoms with Crippen LogP contribution in [0.2, 0.25) is 0 Å². The summed E-state index contributed by atoms with van der Waals surface area (Å²) < 4.78 is 5.00. The van der Waals surface area contributed by atoms with E-state index >= 15 is 0 Å². The molecule has 0 spiro atoms. The van der Waals surface area contributed by atoms with E-state index in [0.717, 1.165) is 12.1 Å². The number of ether oxygens (including phenoxy) is 1. The van der Waals surface area contributed by atoms with Crippen molar-refractivity contribution in [3.8, 4) is 0 Å². The first-order valence-corrected chi connectivity index (χ1v) is 5.55. The molecule has 0 heterocycles. The average Bonchev–Trinajstić information content (AvgIpc) is 2.30. The molecule has 0 amide bonds. The zero-order valence-electron chi connectivity index (χ0n) is 10.3. The summed E-state index contributed by atoms with van der Waals surface area (Å²) in [7, 11) is 1.67. The SMILES string of the molecule is COCCNC(C)(CO)c1ccccc1C. The van der Waals surface area contributed by atoms with E-state index < -0.39 is 5.54 Å². The smallest absolute Gasteiger partial charge is 0.0652 e. The molecular formula is C13H21NO2. The van der Waals surface area contributed by atoms with Crippen LogP contribution in [0.4, 0.5) is 0 Å². The molecule has 0 saturated carbocycles. The van der Waals surface area contributed by atoms with Crippen LogP contribution in [0.5, 0.6) is 0 Å². The Morgan fingerprint density at radius 2 is 2.06 bits per heavy atom. The lowest BCUT2D eigenvalue weighted by atomic mass is 9.89. The van der Waals surface area contributed by atoms with E-state index in [-0.39, 0.29) is 6.61 Å². The third-order valence-electron chi connectivity index (χ3n) is 2.88. The van der Waals surface area contributed by atoms with Gasteiger partial charge in [-0.25, -0.2) is 0 Å². The molecule has 0 aromatic heterocycles. The molecule has 0 radical (unpaired) electrons. The van der Waals surface area contributed by atoms with Gasteiger partial charge in [-0.1, -0.05) is 24.3 Å². The number of hydrogen-bond donors (Lipinski definition) is 2. The lowest BCUT2D eigenvalue weighted by Crippen LogP contribution is -2.44. The maximum Gasteiger partial charge on any atom is 0.0652 e. The van der Waals surface area contributed by atoms with Crippen molar-refractivity contribution in [2.24, 2.45) is 0 Å². The molecule has 0 fully saturated rings. The molecule has 1 aromatic carbocycles. The Morgan fingerprint density at radius 1 is 1.38 bits per heavy atom. The first-order chi connectivity index (χ1) is 7.64. The summed E-state index contributed by atoms with van der Waals surface area (Å²) in [4.78, 5) is 0. The van der Waals surface area contributed by atoms with Crippen LogP contribution in [0.15, 0.2) is 24.3 Å². The van der Waals surface area contributed by atoms with Gasteiger partial charge in [0.05, 0.1) is 18.8 Å². The van der Waals surface area contributed by atoms with Crippen molar-refractivity contribution in [2.75, 3.05) is 26.9 Å². The van der Waals surface area contributed by atoms with Gasteiger partial charge in [-0.2, -0.15) is 0 Å². The number of aliphatic hydroxyl groups excluding tert-OH is 1. The highest BCUT2D eigenvalue weighted by molar-refractivity contribution is 5.32. The molecule has 0 bridgehead atoms. The molecular weight excluding hydrogens is 202 g/mol. The second kappa shape index (κ2) is 5.99. The van der Waals surface area contributed by atoms with E-state index in [4.69, 9.17) is 4.74 Å². The summed E-state index contributed by atoms with van der Waals surface area (Å²) in [6, 6.07) is 8.10. The zero-order valence-corrected chi connectivity index (χ0v) is 10.3. The van der Waals surface area contributed by atoms with Crippen molar-refractivity contribution in [1.29, 1.82) is 0 Å². The number of aryl methyl sites for hydroxylation is 1. The van der Waals surface area contributed by atoms with E-state index in [9.17, 15) is 5.11 Å². The van der Waals surface area contributed by atoms with Crippen LogP contribution in [0, 0.1) is 6.92 Å². The minimum atomic E-state index is -0.399. The van der Waals surface area contributed by atoms with Gasteiger partial charge in [0.1, 0.15) is 0 Å². The Hall–Kier alpha value is -0.900. The molecule has 16 heavy (non-hydrogen) atoms. The van der Waals surface area contributed by atoms with Crippen LogP contribution in [0.1, 0.15) is 18.1 Å². The van der Waals surface area contributed by atoms with E-state index in [1.807, 2.05) is 25.1 Å². The predicted molar refractivity (Wildman–Crippen MR) is 65.5 cm³/mol. The number of rotatable bonds is 6. The number of nitrogens with one attached hydrogen (secondary N) is 1. The number of benzene rings is 1. The lowest BCUT2D eigenvalue weighted by Gasteiger charge is -2.31. The Morgan fingerprint density at radius 3 is 2.62 bits per heavy atom. The summed E-state index contributed by atoms with van der Waals surface area (Å²) in [6.07, 6.45) is 0. The summed E-state index contributed by atoms with van der Waals surface area (Å²) >= 11 is 0. The van der Waals surface area contributed by atoms with Crippen molar-refractivity contribution in [2.45, 2.75) is 19.4 Å². The monoisotopic (exact) mass is 223 g/mol. The van der Waals surface area contributed by atoms with Crippen molar-refractivity contribution >= 4 is 0 Å². The normalized spacial score (nSPS) is 14.8. The van der Waals surface area contributed by atoms with E-state index in [1.54, 1.807) is 7.11 Å². The summed E-state index contributed by atoms with van der Waals surface area (Å²) in [6.45, 7) is 5.50. The molecule has 0 saturated heterocycles. The van der Waals surface area contributed by atoms with Gasteiger partial charge < -0.3 is 15.2 Å². The van der Waals surface area contributed by atoms with Crippen LogP contribution in [-0.4, -0.2) is 32.0 Å². The fourth-order valence-electron chi connectivity index (χ4n) is 1.86. The zero-order chi connectivity index (χ0) is 12.0.